The van der Waals surface area contributed by atoms with Gasteiger partial charge < -0.3 is 20.5 Å². The molecule has 0 bridgehead atoms. The summed E-state index contributed by atoms with van der Waals surface area (Å²) in [4.78, 5) is 22.5. The summed E-state index contributed by atoms with van der Waals surface area (Å²) in [7, 11) is 1.53. The molecular formula is C14H16N2O4. The number of carbonyl (C=O) groups is 2. The SMILES string of the molecule is C#CCC(NC(=O)NCc1ccccc1OC)C(=O)O. The van der Waals surface area contributed by atoms with Crippen molar-refractivity contribution in [1.82, 2.24) is 10.6 Å². The van der Waals surface area contributed by atoms with E-state index in [-0.39, 0.29) is 13.0 Å². The third kappa shape index (κ3) is 4.53. The molecule has 106 valence electrons. The van der Waals surface area contributed by atoms with Crippen molar-refractivity contribution >= 4 is 12.0 Å². The number of ether oxygens (including phenoxy) is 1. The van der Waals surface area contributed by atoms with Crippen LogP contribution in [0.25, 0.3) is 0 Å². The van der Waals surface area contributed by atoms with Gasteiger partial charge in [-0.25, -0.2) is 9.59 Å². The minimum atomic E-state index is -1.17. The van der Waals surface area contributed by atoms with Crippen LogP contribution in [0.5, 0.6) is 5.75 Å². The molecule has 1 aromatic rings. The number of terminal acetylenes is 1. The highest BCUT2D eigenvalue weighted by Gasteiger charge is 2.18. The van der Waals surface area contributed by atoms with Crippen LogP contribution in [0.3, 0.4) is 0 Å². The van der Waals surface area contributed by atoms with Crippen LogP contribution < -0.4 is 15.4 Å². The number of aliphatic carboxylic acids is 1. The summed E-state index contributed by atoms with van der Waals surface area (Å²) in [6.45, 7) is 0.220. The first kappa shape index (κ1) is 15.4. The fourth-order valence-corrected chi connectivity index (χ4v) is 1.55. The summed E-state index contributed by atoms with van der Waals surface area (Å²) < 4.78 is 5.14. The number of urea groups is 1. The molecule has 0 saturated carbocycles. The molecule has 0 aliphatic carbocycles. The Morgan fingerprint density at radius 1 is 1.45 bits per heavy atom. The number of hydrogen-bond acceptors (Lipinski definition) is 3. The van der Waals surface area contributed by atoms with E-state index in [9.17, 15) is 9.59 Å². The summed E-state index contributed by atoms with van der Waals surface area (Å²) >= 11 is 0. The second-order valence-electron chi connectivity index (χ2n) is 3.94. The van der Waals surface area contributed by atoms with Crippen molar-refractivity contribution in [1.29, 1.82) is 0 Å². The predicted octanol–water partition coefficient (Wildman–Crippen LogP) is 0.971. The minimum Gasteiger partial charge on any atom is -0.496 e. The second kappa shape index (κ2) is 7.69. The number of benzene rings is 1. The van der Waals surface area contributed by atoms with Crippen LogP contribution in [0.4, 0.5) is 4.79 Å². The summed E-state index contributed by atoms with van der Waals surface area (Å²) in [6, 6.07) is 5.50. The van der Waals surface area contributed by atoms with Crippen LogP contribution in [0.15, 0.2) is 24.3 Å². The zero-order valence-electron chi connectivity index (χ0n) is 11.1. The van der Waals surface area contributed by atoms with E-state index < -0.39 is 18.0 Å². The van der Waals surface area contributed by atoms with E-state index in [1.54, 1.807) is 12.1 Å². The Labute approximate surface area is 117 Å². The van der Waals surface area contributed by atoms with Crippen LogP contribution in [-0.4, -0.2) is 30.3 Å². The Morgan fingerprint density at radius 2 is 2.15 bits per heavy atom. The molecule has 6 heteroatoms. The molecular weight excluding hydrogens is 260 g/mol. The maximum absolute atomic E-state index is 11.6. The first-order valence-electron chi connectivity index (χ1n) is 5.91. The quantitative estimate of drug-likeness (QED) is 0.676. The van der Waals surface area contributed by atoms with Gasteiger partial charge in [0.05, 0.1) is 7.11 Å². The monoisotopic (exact) mass is 276 g/mol. The topological polar surface area (TPSA) is 87.7 Å². The standard InChI is InChI=1S/C14H16N2O4/c1-3-6-11(13(17)18)16-14(19)15-9-10-7-4-5-8-12(10)20-2/h1,4-5,7-8,11H,6,9H2,2H3,(H,17,18)(H2,15,16,19). The van der Waals surface area contributed by atoms with Crippen LogP contribution in [0.2, 0.25) is 0 Å². The molecule has 1 aromatic carbocycles. The highest BCUT2D eigenvalue weighted by atomic mass is 16.5. The maximum atomic E-state index is 11.6. The third-order valence-corrected chi connectivity index (χ3v) is 2.56. The highest BCUT2D eigenvalue weighted by Crippen LogP contribution is 2.16. The zero-order chi connectivity index (χ0) is 15.0. The van der Waals surface area contributed by atoms with Crippen LogP contribution in [-0.2, 0) is 11.3 Å². The van der Waals surface area contributed by atoms with Gasteiger partial charge in [0, 0.05) is 18.5 Å². The van der Waals surface area contributed by atoms with E-state index in [2.05, 4.69) is 16.6 Å². The van der Waals surface area contributed by atoms with E-state index in [1.165, 1.54) is 7.11 Å². The fourth-order valence-electron chi connectivity index (χ4n) is 1.55. The normalized spacial score (nSPS) is 11.0. The molecule has 3 N–H and O–H groups in total. The van der Waals surface area contributed by atoms with Crippen molar-refractivity contribution in [3.63, 3.8) is 0 Å². The van der Waals surface area contributed by atoms with Crippen LogP contribution in [0.1, 0.15) is 12.0 Å². The molecule has 6 nitrogen and oxygen atoms in total. The van der Waals surface area contributed by atoms with Crippen molar-refractivity contribution in [2.75, 3.05) is 7.11 Å². The molecule has 0 aliphatic rings. The summed E-state index contributed by atoms with van der Waals surface area (Å²) in [6.07, 6.45) is 4.97. The van der Waals surface area contributed by atoms with E-state index in [0.29, 0.717) is 5.75 Å². The minimum absolute atomic E-state index is 0.0720. The highest BCUT2D eigenvalue weighted by molar-refractivity contribution is 5.82. The lowest BCUT2D eigenvalue weighted by Gasteiger charge is -2.13. The summed E-state index contributed by atoms with van der Waals surface area (Å²) in [5.74, 6) is 1.68. The largest absolute Gasteiger partial charge is 0.496 e. The molecule has 0 aromatic heterocycles. The smallest absolute Gasteiger partial charge is 0.327 e. The van der Waals surface area contributed by atoms with Crippen molar-refractivity contribution in [3.05, 3.63) is 29.8 Å². The molecule has 0 fully saturated rings. The summed E-state index contributed by atoms with van der Waals surface area (Å²) in [5.41, 5.74) is 0.786. The number of carbonyl (C=O) groups excluding carboxylic acids is 1. The van der Waals surface area contributed by atoms with Crippen molar-refractivity contribution in [3.8, 4) is 18.1 Å². The number of amides is 2. The van der Waals surface area contributed by atoms with Gasteiger partial charge in [0.25, 0.3) is 0 Å². The third-order valence-electron chi connectivity index (χ3n) is 2.56. The van der Waals surface area contributed by atoms with Gasteiger partial charge >= 0.3 is 12.0 Å². The molecule has 0 radical (unpaired) electrons. The molecule has 2 amide bonds. The first-order valence-corrected chi connectivity index (χ1v) is 5.91. The van der Waals surface area contributed by atoms with Gasteiger partial charge in [0.2, 0.25) is 0 Å². The first-order chi connectivity index (χ1) is 9.58. The fraction of sp³-hybridized carbons (Fsp3) is 0.286. The predicted molar refractivity (Wildman–Crippen MR) is 73.2 cm³/mol. The average Bonchev–Trinajstić information content (AvgIpc) is 2.44. The van der Waals surface area contributed by atoms with Gasteiger partial charge in [-0.3, -0.25) is 0 Å². The lowest BCUT2D eigenvalue weighted by atomic mass is 10.2. The second-order valence-corrected chi connectivity index (χ2v) is 3.94. The number of para-hydroxylation sites is 1. The van der Waals surface area contributed by atoms with Gasteiger partial charge in [-0.05, 0) is 6.07 Å². The molecule has 20 heavy (non-hydrogen) atoms. The van der Waals surface area contributed by atoms with Gasteiger partial charge in [0.15, 0.2) is 0 Å². The van der Waals surface area contributed by atoms with Crippen LogP contribution >= 0.6 is 0 Å². The van der Waals surface area contributed by atoms with Gasteiger partial charge in [0.1, 0.15) is 11.8 Å². The number of carboxylic acid groups (broad SMARTS) is 1. The van der Waals surface area contributed by atoms with E-state index in [4.69, 9.17) is 16.3 Å². The Bertz CT molecular complexity index is 522. The zero-order valence-corrected chi connectivity index (χ0v) is 11.1. The van der Waals surface area contributed by atoms with Crippen molar-refractivity contribution in [2.45, 2.75) is 19.0 Å². The molecule has 0 saturated heterocycles. The molecule has 0 heterocycles. The van der Waals surface area contributed by atoms with Gasteiger partial charge in [-0.2, -0.15) is 0 Å². The van der Waals surface area contributed by atoms with Gasteiger partial charge in [-0.15, -0.1) is 12.3 Å². The lowest BCUT2D eigenvalue weighted by molar-refractivity contribution is -0.139. The van der Waals surface area contributed by atoms with Crippen molar-refractivity contribution in [2.24, 2.45) is 0 Å². The number of hydrogen-bond donors (Lipinski definition) is 3. The number of carboxylic acids is 1. The average molecular weight is 276 g/mol. The lowest BCUT2D eigenvalue weighted by Crippen LogP contribution is -2.45. The van der Waals surface area contributed by atoms with Gasteiger partial charge in [-0.1, -0.05) is 18.2 Å². The maximum Gasteiger partial charge on any atom is 0.327 e. The molecule has 0 spiro atoms. The Kier molecular flexibility index (Phi) is 5.91. The molecule has 1 rings (SSSR count). The molecule has 0 aliphatic heterocycles. The number of nitrogens with one attached hydrogen (secondary N) is 2. The Morgan fingerprint density at radius 3 is 2.75 bits per heavy atom. The van der Waals surface area contributed by atoms with E-state index >= 15 is 0 Å². The number of rotatable bonds is 6. The number of methoxy groups -OCH3 is 1. The van der Waals surface area contributed by atoms with Crippen molar-refractivity contribution < 1.29 is 19.4 Å². The molecule has 1 atom stereocenters. The summed E-state index contributed by atoms with van der Waals surface area (Å²) in [5, 5.41) is 13.7. The van der Waals surface area contributed by atoms with E-state index in [1.807, 2.05) is 12.1 Å². The molecule has 1 unspecified atom stereocenters. The Hall–Kier alpha value is -2.68. The van der Waals surface area contributed by atoms with E-state index in [0.717, 1.165) is 5.56 Å². The Balaban J connectivity index is 2.55. The van der Waals surface area contributed by atoms with Crippen LogP contribution in [0, 0.1) is 12.3 Å².